The Labute approximate surface area is 226 Å². The summed E-state index contributed by atoms with van der Waals surface area (Å²) >= 11 is 0. The van der Waals surface area contributed by atoms with Crippen molar-refractivity contribution in [2.45, 2.75) is 66.2 Å². The molecule has 0 radical (unpaired) electrons. The number of carbonyl (C=O) groups excluding carboxylic acids is 2. The molecule has 8 heteroatoms. The molecular formula is C30H41N5O3. The third-order valence-electron chi connectivity index (χ3n) is 7.07. The van der Waals surface area contributed by atoms with Gasteiger partial charge in [0.15, 0.2) is 0 Å². The molecule has 0 aliphatic carbocycles. The fraction of sp³-hybridized carbons (Fsp3) is 0.500. The number of hydrogen-bond donors (Lipinski definition) is 1. The predicted octanol–water partition coefficient (Wildman–Crippen LogP) is 5.44. The fourth-order valence-electron chi connectivity index (χ4n) is 4.68. The van der Waals surface area contributed by atoms with Crippen molar-refractivity contribution < 1.29 is 14.3 Å². The number of piperidine rings is 1. The van der Waals surface area contributed by atoms with Gasteiger partial charge in [0.05, 0.1) is 23.0 Å². The van der Waals surface area contributed by atoms with Crippen molar-refractivity contribution in [2.75, 3.05) is 32.1 Å². The van der Waals surface area contributed by atoms with Crippen LogP contribution in [0.3, 0.4) is 0 Å². The van der Waals surface area contributed by atoms with Crippen LogP contribution < -0.4 is 10.2 Å². The first kappa shape index (κ1) is 27.6. The van der Waals surface area contributed by atoms with Gasteiger partial charge >= 0.3 is 6.09 Å². The summed E-state index contributed by atoms with van der Waals surface area (Å²) in [5, 5.41) is 3.96. The van der Waals surface area contributed by atoms with E-state index in [4.69, 9.17) is 4.74 Å². The number of nitrogens with one attached hydrogen (secondary N) is 1. The summed E-state index contributed by atoms with van der Waals surface area (Å²) in [7, 11) is 3.82. The standard InChI is InChI=1S/C30H41N5O3/c1-29(2,3)38-28(37)35-25(20-34-12-10-30(4,5)11-13-34)15-22-9-8-21(14-26(22)35)17-32-27(36)23-16-24(33(6)7)19-31-18-23/h8-9,14-16,18-19H,10-13,17,20H2,1-7H3,(H,32,36). The van der Waals surface area contributed by atoms with E-state index < -0.39 is 5.60 Å². The lowest BCUT2D eigenvalue weighted by Gasteiger charge is -2.37. The highest BCUT2D eigenvalue weighted by Crippen LogP contribution is 2.31. The Balaban J connectivity index is 1.58. The van der Waals surface area contributed by atoms with E-state index in [1.54, 1.807) is 17.0 Å². The number of rotatable bonds is 6. The number of carbonyl (C=O) groups is 2. The second-order valence-electron chi connectivity index (χ2n) is 12.3. The molecule has 38 heavy (non-hydrogen) atoms. The number of pyridine rings is 1. The first-order chi connectivity index (χ1) is 17.8. The van der Waals surface area contributed by atoms with E-state index >= 15 is 0 Å². The van der Waals surface area contributed by atoms with Crippen LogP contribution >= 0.6 is 0 Å². The maximum absolute atomic E-state index is 13.4. The molecule has 1 aliphatic rings. The summed E-state index contributed by atoms with van der Waals surface area (Å²) in [4.78, 5) is 34.7. The molecule has 2 aromatic heterocycles. The highest BCUT2D eigenvalue weighted by molar-refractivity contribution is 5.95. The molecule has 0 unspecified atom stereocenters. The van der Waals surface area contributed by atoms with Gasteiger partial charge in [-0.3, -0.25) is 14.7 Å². The summed E-state index contributed by atoms with van der Waals surface area (Å²) in [6.45, 7) is 13.3. The molecule has 1 aromatic carbocycles. The van der Waals surface area contributed by atoms with Gasteiger partial charge in [-0.1, -0.05) is 26.0 Å². The number of anilines is 1. The molecule has 0 saturated carbocycles. The van der Waals surface area contributed by atoms with Crippen LogP contribution in [-0.4, -0.2) is 59.2 Å². The first-order valence-corrected chi connectivity index (χ1v) is 13.3. The van der Waals surface area contributed by atoms with E-state index in [0.717, 1.165) is 53.8 Å². The molecule has 8 nitrogen and oxygen atoms in total. The van der Waals surface area contributed by atoms with Crippen LogP contribution in [0.15, 0.2) is 42.7 Å². The molecule has 0 atom stereocenters. The lowest BCUT2D eigenvalue weighted by atomic mass is 9.83. The highest BCUT2D eigenvalue weighted by Gasteiger charge is 2.28. The van der Waals surface area contributed by atoms with Gasteiger partial charge in [-0.2, -0.15) is 0 Å². The molecule has 1 saturated heterocycles. The van der Waals surface area contributed by atoms with E-state index in [2.05, 4.69) is 35.1 Å². The van der Waals surface area contributed by atoms with Crippen molar-refractivity contribution >= 4 is 28.6 Å². The van der Waals surface area contributed by atoms with Gasteiger partial charge in [-0.05, 0) is 75.9 Å². The number of benzene rings is 1. The Kier molecular flexibility index (Phi) is 7.83. The molecule has 204 valence electrons. The van der Waals surface area contributed by atoms with Crippen molar-refractivity contribution in [1.82, 2.24) is 19.8 Å². The lowest BCUT2D eigenvalue weighted by molar-refractivity contribution is 0.0531. The molecule has 3 aromatic rings. The summed E-state index contributed by atoms with van der Waals surface area (Å²) in [5.41, 5.74) is 3.71. The molecule has 1 fully saturated rings. The van der Waals surface area contributed by atoms with Crippen LogP contribution in [0.5, 0.6) is 0 Å². The topological polar surface area (TPSA) is 79.7 Å². The first-order valence-electron chi connectivity index (χ1n) is 13.3. The fourth-order valence-corrected chi connectivity index (χ4v) is 4.68. The average Bonchev–Trinajstić information content (AvgIpc) is 3.20. The summed E-state index contributed by atoms with van der Waals surface area (Å²) < 4.78 is 7.51. The summed E-state index contributed by atoms with van der Waals surface area (Å²) in [6.07, 6.45) is 5.17. The van der Waals surface area contributed by atoms with Gasteiger partial charge < -0.3 is 15.0 Å². The van der Waals surface area contributed by atoms with Gasteiger partial charge in [0.1, 0.15) is 5.60 Å². The Morgan fingerprint density at radius 3 is 2.45 bits per heavy atom. The zero-order chi connectivity index (χ0) is 27.7. The van der Waals surface area contributed by atoms with Crippen molar-refractivity contribution in [1.29, 1.82) is 0 Å². The normalized spacial score (nSPS) is 15.9. The van der Waals surface area contributed by atoms with E-state index in [-0.39, 0.29) is 12.0 Å². The molecule has 1 N–H and O–H groups in total. The minimum atomic E-state index is -0.610. The number of hydrogen-bond acceptors (Lipinski definition) is 6. The Morgan fingerprint density at radius 2 is 1.79 bits per heavy atom. The van der Waals surface area contributed by atoms with Crippen molar-refractivity contribution in [3.05, 3.63) is 59.5 Å². The van der Waals surface area contributed by atoms with Gasteiger partial charge in [-0.15, -0.1) is 0 Å². The number of nitrogens with zero attached hydrogens (tertiary/aromatic N) is 4. The van der Waals surface area contributed by atoms with Gasteiger partial charge in [-0.25, -0.2) is 9.36 Å². The van der Waals surface area contributed by atoms with E-state index in [0.29, 0.717) is 24.1 Å². The summed E-state index contributed by atoms with van der Waals surface area (Å²) in [5.74, 6) is -0.197. The maximum Gasteiger partial charge on any atom is 0.419 e. The Morgan fingerprint density at radius 1 is 1.08 bits per heavy atom. The second kappa shape index (κ2) is 10.8. The minimum absolute atomic E-state index is 0.197. The molecular weight excluding hydrogens is 478 g/mol. The number of likely N-dealkylation sites (tertiary alicyclic amines) is 1. The predicted molar refractivity (Wildman–Crippen MR) is 152 cm³/mol. The Hall–Kier alpha value is -3.39. The van der Waals surface area contributed by atoms with Crippen LogP contribution in [0.25, 0.3) is 10.9 Å². The third kappa shape index (κ3) is 6.72. The lowest BCUT2D eigenvalue weighted by Crippen LogP contribution is -2.37. The monoisotopic (exact) mass is 519 g/mol. The van der Waals surface area contributed by atoms with Crippen LogP contribution in [0, 0.1) is 5.41 Å². The maximum atomic E-state index is 13.4. The SMILES string of the molecule is CN(C)c1cncc(C(=O)NCc2ccc3cc(CN4CCC(C)(C)CC4)n(C(=O)OC(C)(C)C)c3c2)c1. The Bertz CT molecular complexity index is 1310. The van der Waals surface area contributed by atoms with Crippen molar-refractivity contribution in [3.63, 3.8) is 0 Å². The van der Waals surface area contributed by atoms with Crippen LogP contribution in [0.4, 0.5) is 10.5 Å². The number of amides is 1. The number of ether oxygens (including phenoxy) is 1. The summed E-state index contributed by atoms with van der Waals surface area (Å²) in [6, 6.07) is 9.86. The zero-order valence-corrected chi connectivity index (χ0v) is 23.8. The average molecular weight is 520 g/mol. The van der Waals surface area contributed by atoms with Crippen LogP contribution in [-0.2, 0) is 17.8 Å². The molecule has 4 rings (SSSR count). The van der Waals surface area contributed by atoms with Crippen molar-refractivity contribution in [2.24, 2.45) is 5.41 Å². The molecule has 0 bridgehead atoms. The van der Waals surface area contributed by atoms with Gasteiger partial charge in [0.2, 0.25) is 0 Å². The van der Waals surface area contributed by atoms with E-state index in [9.17, 15) is 9.59 Å². The molecule has 1 amide bonds. The smallest absolute Gasteiger partial charge is 0.419 e. The molecule has 0 spiro atoms. The van der Waals surface area contributed by atoms with E-state index in [1.807, 2.05) is 64.0 Å². The zero-order valence-electron chi connectivity index (χ0n) is 23.8. The molecule has 3 heterocycles. The largest absolute Gasteiger partial charge is 0.443 e. The van der Waals surface area contributed by atoms with Gasteiger partial charge in [0, 0.05) is 44.5 Å². The quantitative estimate of drug-likeness (QED) is 0.467. The van der Waals surface area contributed by atoms with E-state index in [1.165, 1.54) is 0 Å². The number of aromatic nitrogens is 2. The van der Waals surface area contributed by atoms with Crippen molar-refractivity contribution in [3.8, 4) is 0 Å². The highest BCUT2D eigenvalue weighted by atomic mass is 16.6. The van der Waals surface area contributed by atoms with Gasteiger partial charge in [0.25, 0.3) is 5.91 Å². The third-order valence-corrected chi connectivity index (χ3v) is 7.07. The second-order valence-corrected chi connectivity index (χ2v) is 12.3. The van der Waals surface area contributed by atoms with Crippen LogP contribution in [0.1, 0.15) is 69.1 Å². The van der Waals surface area contributed by atoms with Crippen LogP contribution in [0.2, 0.25) is 0 Å². The minimum Gasteiger partial charge on any atom is -0.443 e. The number of fused-ring (bicyclic) bond motifs is 1. The molecule has 1 aliphatic heterocycles.